The Morgan fingerprint density at radius 1 is 1.23 bits per heavy atom. The minimum Gasteiger partial charge on any atom is -0.389 e. The van der Waals surface area contributed by atoms with Gasteiger partial charge in [-0.05, 0) is 38.5 Å². The summed E-state index contributed by atoms with van der Waals surface area (Å²) in [4.78, 5) is 4.49. The Hall–Kier alpha value is -0.0800. The van der Waals surface area contributed by atoms with E-state index in [1.165, 1.54) is 44.9 Å². The van der Waals surface area contributed by atoms with E-state index >= 15 is 0 Å². The molecular weight excluding hydrogens is 393 g/mol. The predicted molar refractivity (Wildman–Crippen MR) is 101 cm³/mol. The second-order valence-electron chi connectivity index (χ2n) is 6.33. The van der Waals surface area contributed by atoms with Crippen LogP contribution in [-0.2, 0) is 4.74 Å². The van der Waals surface area contributed by atoms with Crippen molar-refractivity contribution in [2.75, 3.05) is 26.3 Å². The first-order chi connectivity index (χ1) is 10.3. The minimum atomic E-state index is -0.509. The molecule has 0 aromatic carbocycles. The number of aliphatic imine (C=N–C) groups is 1. The Kier molecular flexibility index (Phi) is 10.4. The van der Waals surface area contributed by atoms with Crippen LogP contribution >= 0.6 is 24.0 Å². The van der Waals surface area contributed by atoms with Crippen LogP contribution in [0.5, 0.6) is 0 Å². The molecule has 0 aromatic heterocycles. The van der Waals surface area contributed by atoms with Crippen molar-refractivity contribution >= 4 is 29.9 Å². The van der Waals surface area contributed by atoms with E-state index < -0.39 is 6.10 Å². The van der Waals surface area contributed by atoms with Crippen molar-refractivity contribution in [3.8, 4) is 0 Å². The number of hydrogen-bond donors (Lipinski definition) is 3. The summed E-state index contributed by atoms with van der Waals surface area (Å²) in [6.45, 7) is 4.48. The van der Waals surface area contributed by atoms with Gasteiger partial charge in [0.2, 0.25) is 0 Å². The van der Waals surface area contributed by atoms with Gasteiger partial charge in [0.05, 0.1) is 19.3 Å². The molecule has 1 atom stereocenters. The molecule has 0 bridgehead atoms. The third-order valence-electron chi connectivity index (χ3n) is 4.11. The number of rotatable bonds is 8. The summed E-state index contributed by atoms with van der Waals surface area (Å²) < 4.78 is 5.50. The molecule has 1 unspecified atom stereocenters. The van der Waals surface area contributed by atoms with E-state index in [9.17, 15) is 5.11 Å². The van der Waals surface area contributed by atoms with Gasteiger partial charge in [0.25, 0.3) is 0 Å². The fourth-order valence-electron chi connectivity index (χ4n) is 2.66. The van der Waals surface area contributed by atoms with Gasteiger partial charge in [-0.3, -0.25) is 4.99 Å². The molecule has 0 aromatic rings. The lowest BCUT2D eigenvalue weighted by Gasteiger charge is -2.25. The molecule has 0 amide bonds. The fraction of sp³-hybridized carbons (Fsp3) is 0.938. The lowest BCUT2D eigenvalue weighted by atomic mass is 9.96. The Balaban J connectivity index is 0.00000242. The molecule has 3 N–H and O–H groups in total. The van der Waals surface area contributed by atoms with E-state index in [-0.39, 0.29) is 24.0 Å². The van der Waals surface area contributed by atoms with E-state index in [0.29, 0.717) is 19.2 Å². The summed E-state index contributed by atoms with van der Waals surface area (Å²) in [6.07, 6.45) is 8.45. The minimum absolute atomic E-state index is 0. The van der Waals surface area contributed by atoms with Crippen molar-refractivity contribution < 1.29 is 9.84 Å². The average molecular weight is 425 g/mol. The van der Waals surface area contributed by atoms with Gasteiger partial charge >= 0.3 is 0 Å². The van der Waals surface area contributed by atoms with Crippen molar-refractivity contribution in [3.63, 3.8) is 0 Å². The van der Waals surface area contributed by atoms with Crippen LogP contribution in [0, 0.1) is 5.92 Å². The van der Waals surface area contributed by atoms with Crippen molar-refractivity contribution in [3.05, 3.63) is 0 Å². The maximum atomic E-state index is 9.92. The molecule has 130 valence electrons. The molecule has 2 aliphatic carbocycles. The van der Waals surface area contributed by atoms with E-state index in [1.54, 1.807) is 0 Å². The molecule has 0 spiro atoms. The summed E-state index contributed by atoms with van der Waals surface area (Å²) in [5.41, 5.74) is 0. The summed E-state index contributed by atoms with van der Waals surface area (Å²) >= 11 is 0. The average Bonchev–Trinajstić information content (AvgIpc) is 3.30. The highest BCUT2D eigenvalue weighted by Gasteiger charge is 2.21. The Labute approximate surface area is 151 Å². The van der Waals surface area contributed by atoms with Gasteiger partial charge in [0, 0.05) is 19.2 Å². The van der Waals surface area contributed by atoms with E-state index in [2.05, 4.69) is 22.5 Å². The number of ether oxygens (including phenoxy) is 1. The summed E-state index contributed by atoms with van der Waals surface area (Å²) in [7, 11) is 0. The van der Waals surface area contributed by atoms with Crippen LogP contribution in [0.4, 0.5) is 0 Å². The number of nitrogens with zero attached hydrogens (tertiary/aromatic N) is 1. The first-order valence-corrected chi connectivity index (χ1v) is 8.58. The van der Waals surface area contributed by atoms with E-state index in [0.717, 1.165) is 25.0 Å². The first-order valence-electron chi connectivity index (χ1n) is 8.58. The molecule has 0 saturated heterocycles. The van der Waals surface area contributed by atoms with Gasteiger partial charge in [0.1, 0.15) is 0 Å². The second-order valence-corrected chi connectivity index (χ2v) is 6.33. The van der Waals surface area contributed by atoms with Gasteiger partial charge in [0.15, 0.2) is 5.96 Å². The van der Waals surface area contributed by atoms with Crippen LogP contribution < -0.4 is 10.6 Å². The number of hydrogen-bond acceptors (Lipinski definition) is 3. The SMILES string of the molecule is CCNC(=NCC(O)COCC1CC1)NC1CCCCC1.I. The smallest absolute Gasteiger partial charge is 0.191 e. The third kappa shape index (κ3) is 8.53. The molecular formula is C16H32IN3O2. The molecule has 6 heteroatoms. The zero-order valence-corrected chi connectivity index (χ0v) is 16.1. The quantitative estimate of drug-likeness (QED) is 0.317. The van der Waals surface area contributed by atoms with Crippen LogP contribution in [0.3, 0.4) is 0 Å². The van der Waals surface area contributed by atoms with Crippen LogP contribution in [-0.4, -0.2) is 49.5 Å². The number of guanidine groups is 1. The molecule has 5 nitrogen and oxygen atoms in total. The highest BCUT2D eigenvalue weighted by molar-refractivity contribution is 14.0. The summed E-state index contributed by atoms with van der Waals surface area (Å²) in [6, 6.07) is 0.528. The molecule has 0 radical (unpaired) electrons. The Morgan fingerprint density at radius 2 is 1.95 bits per heavy atom. The highest BCUT2D eigenvalue weighted by Crippen LogP contribution is 2.28. The third-order valence-corrected chi connectivity index (χ3v) is 4.11. The van der Waals surface area contributed by atoms with E-state index in [4.69, 9.17) is 4.74 Å². The molecule has 2 aliphatic rings. The Bertz CT molecular complexity index is 319. The monoisotopic (exact) mass is 425 g/mol. The molecule has 22 heavy (non-hydrogen) atoms. The van der Waals surface area contributed by atoms with Crippen molar-refractivity contribution in [1.29, 1.82) is 0 Å². The van der Waals surface area contributed by atoms with Crippen molar-refractivity contribution in [2.45, 2.75) is 64.0 Å². The standard InChI is InChI=1S/C16H31N3O2.HI/c1-2-17-16(19-14-6-4-3-5-7-14)18-10-15(20)12-21-11-13-8-9-13;/h13-15,20H,2-12H2,1H3,(H2,17,18,19);1H. The van der Waals surface area contributed by atoms with Gasteiger partial charge < -0.3 is 20.5 Å². The summed E-state index contributed by atoms with van der Waals surface area (Å²) in [5, 5.41) is 16.7. The second kappa shape index (κ2) is 11.5. The van der Waals surface area contributed by atoms with Gasteiger partial charge in [-0.2, -0.15) is 0 Å². The summed E-state index contributed by atoms with van der Waals surface area (Å²) in [5.74, 6) is 1.57. The van der Waals surface area contributed by atoms with E-state index in [1.807, 2.05) is 0 Å². The zero-order valence-electron chi connectivity index (χ0n) is 13.7. The largest absolute Gasteiger partial charge is 0.389 e. The number of aliphatic hydroxyl groups excluding tert-OH is 1. The maximum Gasteiger partial charge on any atom is 0.191 e. The topological polar surface area (TPSA) is 65.9 Å². The van der Waals surface area contributed by atoms with Gasteiger partial charge in [-0.15, -0.1) is 24.0 Å². The van der Waals surface area contributed by atoms with Crippen molar-refractivity contribution in [2.24, 2.45) is 10.9 Å². The lowest BCUT2D eigenvalue weighted by Crippen LogP contribution is -2.44. The highest BCUT2D eigenvalue weighted by atomic mass is 127. The van der Waals surface area contributed by atoms with Crippen molar-refractivity contribution in [1.82, 2.24) is 10.6 Å². The zero-order chi connectivity index (χ0) is 14.9. The van der Waals surface area contributed by atoms with Crippen LogP contribution in [0.25, 0.3) is 0 Å². The molecule has 2 saturated carbocycles. The van der Waals surface area contributed by atoms with Crippen LogP contribution in [0.2, 0.25) is 0 Å². The number of nitrogens with one attached hydrogen (secondary N) is 2. The van der Waals surface area contributed by atoms with Crippen LogP contribution in [0.1, 0.15) is 51.9 Å². The normalized spacial score (nSPS) is 21.1. The van der Waals surface area contributed by atoms with Gasteiger partial charge in [-0.1, -0.05) is 19.3 Å². The Morgan fingerprint density at radius 3 is 2.59 bits per heavy atom. The predicted octanol–water partition coefficient (Wildman–Crippen LogP) is 2.28. The fourth-order valence-corrected chi connectivity index (χ4v) is 2.66. The molecule has 2 fully saturated rings. The first kappa shape index (κ1) is 20.0. The molecule has 0 aliphatic heterocycles. The van der Waals surface area contributed by atoms with Crippen LogP contribution in [0.15, 0.2) is 4.99 Å². The maximum absolute atomic E-state index is 9.92. The molecule has 2 rings (SSSR count). The lowest BCUT2D eigenvalue weighted by molar-refractivity contribution is 0.0368. The van der Waals surface area contributed by atoms with Gasteiger partial charge in [-0.25, -0.2) is 0 Å². The molecule has 0 heterocycles. The number of halogens is 1. The number of aliphatic hydroxyl groups is 1.